The third-order valence-corrected chi connectivity index (χ3v) is 3.95. The molecule has 86 valence electrons. The molecular formula is C12H21NO2. The standard InChI is InChI=1S/C12H21NO2/c1-2-3-9-7-13(8-9)11-5-4-10(6-11)12(14)15/h9-11H,2-8H2,1H3,(H,14,15)/t10-,11+/m1/s1. The van der Waals surface area contributed by atoms with Gasteiger partial charge < -0.3 is 5.11 Å². The Morgan fingerprint density at radius 1 is 1.40 bits per heavy atom. The number of nitrogens with zero attached hydrogens (tertiary/aromatic N) is 1. The molecule has 0 amide bonds. The van der Waals surface area contributed by atoms with E-state index in [4.69, 9.17) is 5.11 Å². The van der Waals surface area contributed by atoms with E-state index in [9.17, 15) is 4.79 Å². The van der Waals surface area contributed by atoms with Gasteiger partial charge in [0, 0.05) is 19.1 Å². The number of hydrogen-bond acceptors (Lipinski definition) is 2. The van der Waals surface area contributed by atoms with E-state index in [-0.39, 0.29) is 5.92 Å². The van der Waals surface area contributed by atoms with Crippen molar-refractivity contribution in [3.8, 4) is 0 Å². The number of hydrogen-bond donors (Lipinski definition) is 1. The van der Waals surface area contributed by atoms with Gasteiger partial charge in [-0.05, 0) is 31.6 Å². The van der Waals surface area contributed by atoms with Gasteiger partial charge in [0.1, 0.15) is 0 Å². The fraction of sp³-hybridized carbons (Fsp3) is 0.917. The Morgan fingerprint density at radius 2 is 2.13 bits per heavy atom. The quantitative estimate of drug-likeness (QED) is 0.773. The topological polar surface area (TPSA) is 40.5 Å². The molecule has 0 unspecified atom stereocenters. The van der Waals surface area contributed by atoms with Crippen LogP contribution in [0.1, 0.15) is 39.0 Å². The normalized spacial score (nSPS) is 32.9. The van der Waals surface area contributed by atoms with E-state index in [0.717, 1.165) is 25.2 Å². The number of carboxylic acids is 1. The van der Waals surface area contributed by atoms with Crippen LogP contribution in [0.4, 0.5) is 0 Å². The average Bonchev–Trinajstić information content (AvgIpc) is 2.59. The fourth-order valence-electron chi connectivity index (χ4n) is 3.01. The van der Waals surface area contributed by atoms with E-state index >= 15 is 0 Å². The molecule has 2 atom stereocenters. The summed E-state index contributed by atoms with van der Waals surface area (Å²) < 4.78 is 0. The zero-order valence-electron chi connectivity index (χ0n) is 9.48. The second kappa shape index (κ2) is 4.52. The van der Waals surface area contributed by atoms with Crippen LogP contribution in [0, 0.1) is 11.8 Å². The van der Waals surface area contributed by atoms with E-state index in [1.807, 2.05) is 0 Å². The molecule has 3 heteroatoms. The van der Waals surface area contributed by atoms with Crippen molar-refractivity contribution < 1.29 is 9.90 Å². The number of carbonyl (C=O) groups is 1. The molecule has 1 saturated carbocycles. The highest BCUT2D eigenvalue weighted by Crippen LogP contribution is 2.34. The molecule has 0 spiro atoms. The van der Waals surface area contributed by atoms with Crippen molar-refractivity contribution in [1.29, 1.82) is 0 Å². The van der Waals surface area contributed by atoms with Crippen LogP contribution >= 0.6 is 0 Å². The third-order valence-electron chi connectivity index (χ3n) is 3.95. The van der Waals surface area contributed by atoms with Crippen molar-refractivity contribution in [1.82, 2.24) is 4.90 Å². The molecule has 0 aromatic rings. The zero-order valence-corrected chi connectivity index (χ0v) is 9.48. The molecule has 2 aliphatic rings. The lowest BCUT2D eigenvalue weighted by atomic mass is 9.92. The molecule has 1 aliphatic heterocycles. The monoisotopic (exact) mass is 211 g/mol. The molecule has 0 radical (unpaired) electrons. The van der Waals surface area contributed by atoms with Crippen molar-refractivity contribution in [2.45, 2.75) is 45.1 Å². The zero-order chi connectivity index (χ0) is 10.8. The summed E-state index contributed by atoms with van der Waals surface area (Å²) in [4.78, 5) is 13.3. The molecule has 0 aromatic heterocycles. The fourth-order valence-corrected chi connectivity index (χ4v) is 3.01. The second-order valence-electron chi connectivity index (χ2n) is 5.11. The Hall–Kier alpha value is -0.570. The summed E-state index contributed by atoms with van der Waals surface area (Å²) >= 11 is 0. The maximum atomic E-state index is 10.8. The molecule has 1 N–H and O–H groups in total. The van der Waals surface area contributed by atoms with Crippen LogP contribution < -0.4 is 0 Å². The van der Waals surface area contributed by atoms with Crippen LogP contribution in [0.25, 0.3) is 0 Å². The van der Waals surface area contributed by atoms with E-state index in [1.165, 1.54) is 25.9 Å². The summed E-state index contributed by atoms with van der Waals surface area (Å²) in [5.74, 6) is 0.224. The Bertz CT molecular complexity index is 236. The first kappa shape index (κ1) is 10.9. The molecule has 0 aromatic carbocycles. The van der Waals surface area contributed by atoms with E-state index in [0.29, 0.717) is 6.04 Å². The lowest BCUT2D eigenvalue weighted by molar-refractivity contribution is -0.141. The van der Waals surface area contributed by atoms with Crippen LogP contribution in [-0.2, 0) is 4.79 Å². The molecule has 15 heavy (non-hydrogen) atoms. The van der Waals surface area contributed by atoms with E-state index < -0.39 is 5.97 Å². The van der Waals surface area contributed by atoms with Crippen LogP contribution in [-0.4, -0.2) is 35.1 Å². The molecule has 3 nitrogen and oxygen atoms in total. The highest BCUT2D eigenvalue weighted by molar-refractivity contribution is 5.70. The molecule has 1 heterocycles. The molecule has 1 saturated heterocycles. The van der Waals surface area contributed by atoms with Crippen LogP contribution in [0.15, 0.2) is 0 Å². The van der Waals surface area contributed by atoms with Gasteiger partial charge in [-0.2, -0.15) is 0 Å². The maximum absolute atomic E-state index is 10.8. The summed E-state index contributed by atoms with van der Waals surface area (Å²) in [7, 11) is 0. The van der Waals surface area contributed by atoms with Gasteiger partial charge in [-0.3, -0.25) is 9.69 Å². The minimum absolute atomic E-state index is 0.0692. The predicted molar refractivity (Wildman–Crippen MR) is 58.7 cm³/mol. The van der Waals surface area contributed by atoms with Gasteiger partial charge in [0.05, 0.1) is 5.92 Å². The Morgan fingerprint density at radius 3 is 2.67 bits per heavy atom. The smallest absolute Gasteiger partial charge is 0.306 e. The minimum Gasteiger partial charge on any atom is -0.481 e. The first-order valence-electron chi connectivity index (χ1n) is 6.17. The lowest BCUT2D eigenvalue weighted by Crippen LogP contribution is -2.51. The molecular weight excluding hydrogens is 190 g/mol. The van der Waals surface area contributed by atoms with Gasteiger partial charge in [-0.25, -0.2) is 0 Å². The van der Waals surface area contributed by atoms with Crippen molar-refractivity contribution in [3.63, 3.8) is 0 Å². The Kier molecular flexibility index (Phi) is 3.29. The van der Waals surface area contributed by atoms with Gasteiger partial charge in [0.15, 0.2) is 0 Å². The molecule has 1 aliphatic carbocycles. The lowest BCUT2D eigenvalue weighted by Gasteiger charge is -2.43. The molecule has 2 fully saturated rings. The summed E-state index contributed by atoms with van der Waals surface area (Å²) in [5, 5.41) is 8.92. The Balaban J connectivity index is 1.72. The van der Waals surface area contributed by atoms with Crippen molar-refractivity contribution >= 4 is 5.97 Å². The number of carboxylic acid groups (broad SMARTS) is 1. The van der Waals surface area contributed by atoms with Gasteiger partial charge in [-0.1, -0.05) is 13.3 Å². The van der Waals surface area contributed by atoms with Crippen LogP contribution in [0.5, 0.6) is 0 Å². The van der Waals surface area contributed by atoms with E-state index in [1.54, 1.807) is 0 Å². The summed E-state index contributed by atoms with van der Waals surface area (Å²) in [6, 6.07) is 0.569. The highest BCUT2D eigenvalue weighted by Gasteiger charge is 2.38. The first-order chi connectivity index (χ1) is 7.20. The van der Waals surface area contributed by atoms with Crippen molar-refractivity contribution in [3.05, 3.63) is 0 Å². The number of aliphatic carboxylic acids is 1. The number of likely N-dealkylation sites (tertiary alicyclic amines) is 1. The van der Waals surface area contributed by atoms with Crippen LogP contribution in [0.2, 0.25) is 0 Å². The summed E-state index contributed by atoms with van der Waals surface area (Å²) in [6.45, 7) is 4.66. The number of rotatable bonds is 4. The predicted octanol–water partition coefficient (Wildman–Crippen LogP) is 1.97. The SMILES string of the molecule is CCCC1CN([C@H]2CC[C@@H](C(=O)O)C2)C1. The molecule has 2 rings (SSSR count). The van der Waals surface area contributed by atoms with Crippen molar-refractivity contribution in [2.24, 2.45) is 11.8 Å². The van der Waals surface area contributed by atoms with Gasteiger partial charge in [-0.15, -0.1) is 0 Å². The third kappa shape index (κ3) is 2.33. The maximum Gasteiger partial charge on any atom is 0.306 e. The second-order valence-corrected chi connectivity index (χ2v) is 5.11. The largest absolute Gasteiger partial charge is 0.481 e. The Labute approximate surface area is 91.5 Å². The van der Waals surface area contributed by atoms with Gasteiger partial charge >= 0.3 is 5.97 Å². The van der Waals surface area contributed by atoms with E-state index in [2.05, 4.69) is 11.8 Å². The molecule has 0 bridgehead atoms. The first-order valence-corrected chi connectivity index (χ1v) is 6.17. The van der Waals surface area contributed by atoms with Crippen molar-refractivity contribution in [2.75, 3.05) is 13.1 Å². The van der Waals surface area contributed by atoms with Gasteiger partial charge in [0.2, 0.25) is 0 Å². The van der Waals surface area contributed by atoms with Gasteiger partial charge in [0.25, 0.3) is 0 Å². The summed E-state index contributed by atoms with van der Waals surface area (Å²) in [5.41, 5.74) is 0. The minimum atomic E-state index is -0.594. The average molecular weight is 211 g/mol. The van der Waals surface area contributed by atoms with Crippen LogP contribution in [0.3, 0.4) is 0 Å². The highest BCUT2D eigenvalue weighted by atomic mass is 16.4. The summed E-state index contributed by atoms with van der Waals surface area (Å²) in [6.07, 6.45) is 5.48.